The minimum absolute atomic E-state index is 0.762. The van der Waals surface area contributed by atoms with Crippen molar-refractivity contribution in [2.75, 3.05) is 56.6 Å². The van der Waals surface area contributed by atoms with E-state index in [4.69, 9.17) is 4.74 Å². The Labute approximate surface area is 102 Å². The number of hydrogen-bond donors (Lipinski definition) is 1. The van der Waals surface area contributed by atoms with E-state index in [2.05, 4.69) is 40.4 Å². The zero-order valence-electron chi connectivity index (χ0n) is 10.3. The van der Waals surface area contributed by atoms with Gasteiger partial charge in [-0.1, -0.05) is 6.07 Å². The van der Waals surface area contributed by atoms with E-state index < -0.39 is 0 Å². The second-order valence-electron chi connectivity index (χ2n) is 4.72. The summed E-state index contributed by atoms with van der Waals surface area (Å²) in [7, 11) is 2.18. The fourth-order valence-electron chi connectivity index (χ4n) is 2.45. The van der Waals surface area contributed by atoms with Gasteiger partial charge in [0.1, 0.15) is 6.61 Å². The summed E-state index contributed by atoms with van der Waals surface area (Å²) in [6.45, 7) is 6.07. The molecule has 2 aliphatic heterocycles. The maximum Gasteiger partial charge on any atom is 0.165 e. The number of hydrogen-bond acceptors (Lipinski definition) is 4. The van der Waals surface area contributed by atoms with Crippen LogP contribution in [0.25, 0.3) is 0 Å². The first-order valence-electron chi connectivity index (χ1n) is 6.28. The summed E-state index contributed by atoms with van der Waals surface area (Å²) in [6, 6.07) is 6.36. The molecule has 0 amide bonds. The SMILES string of the molecule is CN1CCN(c2cccc3c2OCCN3)CC1. The van der Waals surface area contributed by atoms with Gasteiger partial charge in [-0.05, 0) is 19.2 Å². The van der Waals surface area contributed by atoms with Gasteiger partial charge in [-0.15, -0.1) is 0 Å². The number of rotatable bonds is 1. The molecule has 92 valence electrons. The summed E-state index contributed by atoms with van der Waals surface area (Å²) in [5.74, 6) is 1.03. The van der Waals surface area contributed by atoms with Crippen LogP contribution in [0.3, 0.4) is 0 Å². The highest BCUT2D eigenvalue weighted by Gasteiger charge is 2.21. The lowest BCUT2D eigenvalue weighted by Gasteiger charge is -2.36. The molecule has 4 nitrogen and oxygen atoms in total. The molecule has 4 heteroatoms. The van der Waals surface area contributed by atoms with Crippen LogP contribution in [0.15, 0.2) is 18.2 Å². The van der Waals surface area contributed by atoms with Crippen LogP contribution in [0.1, 0.15) is 0 Å². The van der Waals surface area contributed by atoms with Gasteiger partial charge >= 0.3 is 0 Å². The maximum atomic E-state index is 5.82. The number of fused-ring (bicyclic) bond motifs is 1. The van der Waals surface area contributed by atoms with Crippen LogP contribution in [0.4, 0.5) is 11.4 Å². The summed E-state index contributed by atoms with van der Waals surface area (Å²) in [6.07, 6.45) is 0. The molecule has 1 N–H and O–H groups in total. The molecule has 0 radical (unpaired) electrons. The van der Waals surface area contributed by atoms with Crippen molar-refractivity contribution in [1.82, 2.24) is 4.90 Å². The van der Waals surface area contributed by atoms with Crippen LogP contribution in [-0.2, 0) is 0 Å². The standard InChI is InChI=1S/C13H19N3O/c1-15-6-8-16(9-7-15)12-4-2-3-11-13(12)17-10-5-14-11/h2-4,14H,5-10H2,1H3. The Morgan fingerprint density at radius 2 is 2.00 bits per heavy atom. The van der Waals surface area contributed by atoms with E-state index in [1.165, 1.54) is 5.69 Å². The Kier molecular flexibility index (Phi) is 2.81. The van der Waals surface area contributed by atoms with Gasteiger partial charge in [0.05, 0.1) is 11.4 Å². The van der Waals surface area contributed by atoms with Crippen LogP contribution < -0.4 is 15.0 Å². The molecule has 1 aromatic carbocycles. The van der Waals surface area contributed by atoms with E-state index >= 15 is 0 Å². The molecule has 0 bridgehead atoms. The zero-order valence-corrected chi connectivity index (χ0v) is 10.3. The Balaban J connectivity index is 1.87. The van der Waals surface area contributed by atoms with Gasteiger partial charge in [-0.2, -0.15) is 0 Å². The molecule has 1 aromatic rings. The van der Waals surface area contributed by atoms with Crippen LogP contribution >= 0.6 is 0 Å². The van der Waals surface area contributed by atoms with E-state index in [1.54, 1.807) is 0 Å². The second-order valence-corrected chi connectivity index (χ2v) is 4.72. The third-order valence-electron chi connectivity index (χ3n) is 3.50. The van der Waals surface area contributed by atoms with Crippen LogP contribution in [0.2, 0.25) is 0 Å². The van der Waals surface area contributed by atoms with Crippen molar-refractivity contribution in [2.24, 2.45) is 0 Å². The van der Waals surface area contributed by atoms with Crippen molar-refractivity contribution in [3.63, 3.8) is 0 Å². The average Bonchev–Trinajstić information content (AvgIpc) is 2.39. The third-order valence-corrected chi connectivity index (χ3v) is 3.50. The lowest BCUT2D eigenvalue weighted by Crippen LogP contribution is -2.44. The fraction of sp³-hybridized carbons (Fsp3) is 0.538. The van der Waals surface area contributed by atoms with E-state index in [0.717, 1.165) is 50.8 Å². The fourth-order valence-corrected chi connectivity index (χ4v) is 2.45. The Morgan fingerprint density at radius 3 is 2.82 bits per heavy atom. The Morgan fingerprint density at radius 1 is 1.18 bits per heavy atom. The average molecular weight is 233 g/mol. The smallest absolute Gasteiger partial charge is 0.165 e. The van der Waals surface area contributed by atoms with Crippen molar-refractivity contribution in [1.29, 1.82) is 0 Å². The highest BCUT2D eigenvalue weighted by Crippen LogP contribution is 2.37. The molecule has 0 atom stereocenters. The molecule has 0 unspecified atom stereocenters. The largest absolute Gasteiger partial charge is 0.487 e. The van der Waals surface area contributed by atoms with E-state index in [0.29, 0.717) is 0 Å². The monoisotopic (exact) mass is 233 g/mol. The van der Waals surface area contributed by atoms with E-state index in [1.807, 2.05) is 0 Å². The summed E-state index contributed by atoms with van der Waals surface area (Å²) in [4.78, 5) is 4.79. The number of anilines is 2. The molecule has 2 heterocycles. The Bertz CT molecular complexity index is 400. The van der Waals surface area contributed by atoms with Gasteiger partial charge in [-0.3, -0.25) is 0 Å². The molecular weight excluding hydrogens is 214 g/mol. The number of piperazine rings is 1. The highest BCUT2D eigenvalue weighted by molar-refractivity contribution is 5.73. The van der Waals surface area contributed by atoms with Crippen molar-refractivity contribution in [3.05, 3.63) is 18.2 Å². The van der Waals surface area contributed by atoms with Gasteiger partial charge in [-0.25, -0.2) is 0 Å². The molecule has 0 spiro atoms. The molecule has 0 aromatic heterocycles. The topological polar surface area (TPSA) is 27.7 Å². The highest BCUT2D eigenvalue weighted by atomic mass is 16.5. The lowest BCUT2D eigenvalue weighted by atomic mass is 10.2. The molecule has 0 aliphatic carbocycles. The van der Waals surface area contributed by atoms with Gasteiger partial charge in [0.25, 0.3) is 0 Å². The lowest BCUT2D eigenvalue weighted by molar-refractivity contribution is 0.304. The predicted molar refractivity (Wildman–Crippen MR) is 70.1 cm³/mol. The van der Waals surface area contributed by atoms with Crippen LogP contribution in [-0.4, -0.2) is 51.3 Å². The van der Waals surface area contributed by atoms with Crippen molar-refractivity contribution in [2.45, 2.75) is 0 Å². The summed E-state index contributed by atoms with van der Waals surface area (Å²) in [5.41, 5.74) is 2.37. The normalized spacial score (nSPS) is 20.4. The van der Waals surface area contributed by atoms with E-state index in [9.17, 15) is 0 Å². The van der Waals surface area contributed by atoms with Gasteiger partial charge < -0.3 is 19.9 Å². The van der Waals surface area contributed by atoms with Crippen molar-refractivity contribution in [3.8, 4) is 5.75 Å². The molecule has 17 heavy (non-hydrogen) atoms. The number of ether oxygens (including phenoxy) is 1. The first-order valence-corrected chi connectivity index (χ1v) is 6.28. The molecular formula is C13H19N3O. The van der Waals surface area contributed by atoms with Crippen molar-refractivity contribution >= 4 is 11.4 Å². The first kappa shape index (κ1) is 10.7. The van der Waals surface area contributed by atoms with Crippen LogP contribution in [0.5, 0.6) is 5.75 Å². The maximum absolute atomic E-state index is 5.82. The summed E-state index contributed by atoms with van der Waals surface area (Å²) in [5, 5.41) is 3.39. The zero-order chi connectivity index (χ0) is 11.7. The number of nitrogens with zero attached hydrogens (tertiary/aromatic N) is 2. The number of para-hydroxylation sites is 1. The summed E-state index contributed by atoms with van der Waals surface area (Å²) < 4.78 is 5.82. The van der Waals surface area contributed by atoms with Gasteiger partial charge in [0, 0.05) is 32.7 Å². The number of nitrogens with one attached hydrogen (secondary N) is 1. The third kappa shape index (κ3) is 2.05. The van der Waals surface area contributed by atoms with E-state index in [-0.39, 0.29) is 0 Å². The van der Waals surface area contributed by atoms with Crippen LogP contribution in [0, 0.1) is 0 Å². The number of benzene rings is 1. The minimum atomic E-state index is 0.762. The quantitative estimate of drug-likeness (QED) is 0.790. The molecule has 2 aliphatic rings. The van der Waals surface area contributed by atoms with Crippen molar-refractivity contribution < 1.29 is 4.74 Å². The molecule has 1 fully saturated rings. The first-order chi connectivity index (χ1) is 8.34. The molecule has 1 saturated heterocycles. The predicted octanol–water partition coefficient (Wildman–Crippen LogP) is 1.24. The molecule has 3 rings (SSSR count). The minimum Gasteiger partial charge on any atom is -0.487 e. The molecule has 0 saturated carbocycles. The van der Waals surface area contributed by atoms with Gasteiger partial charge in [0.2, 0.25) is 0 Å². The number of likely N-dealkylation sites (N-methyl/N-ethyl adjacent to an activating group) is 1. The Hall–Kier alpha value is -1.42. The second kappa shape index (κ2) is 4.45. The summed E-state index contributed by atoms with van der Waals surface area (Å²) >= 11 is 0. The van der Waals surface area contributed by atoms with Gasteiger partial charge in [0.15, 0.2) is 5.75 Å².